The molecule has 0 bridgehead atoms. The summed E-state index contributed by atoms with van der Waals surface area (Å²) >= 11 is 0. The highest BCUT2D eigenvalue weighted by atomic mass is 16.5. The van der Waals surface area contributed by atoms with Gasteiger partial charge >= 0.3 is 0 Å². The Hall–Kier alpha value is -1.26. The van der Waals surface area contributed by atoms with Gasteiger partial charge in [-0.1, -0.05) is 12.5 Å². The Labute approximate surface area is 128 Å². The molecule has 1 fully saturated rings. The molecule has 2 rings (SSSR count). The molecule has 21 heavy (non-hydrogen) atoms. The van der Waals surface area contributed by atoms with Gasteiger partial charge in [0.2, 0.25) is 0 Å². The van der Waals surface area contributed by atoms with E-state index in [0.29, 0.717) is 6.04 Å². The number of likely N-dealkylation sites (tertiary alicyclic amines) is 1. The number of piperidine rings is 1. The highest BCUT2D eigenvalue weighted by molar-refractivity contribution is 5.42. The van der Waals surface area contributed by atoms with Crippen LogP contribution in [0, 0.1) is 0 Å². The highest BCUT2D eigenvalue weighted by Gasteiger charge is 2.19. The summed E-state index contributed by atoms with van der Waals surface area (Å²) in [7, 11) is 3.88. The molecule has 2 N–H and O–H groups in total. The topological polar surface area (TPSA) is 47.7 Å². The van der Waals surface area contributed by atoms with Gasteiger partial charge in [0.25, 0.3) is 0 Å². The van der Waals surface area contributed by atoms with E-state index in [1.54, 1.807) is 7.11 Å². The van der Waals surface area contributed by atoms with Crippen molar-refractivity contribution in [2.75, 3.05) is 27.3 Å². The lowest BCUT2D eigenvalue weighted by Gasteiger charge is -2.32. The summed E-state index contributed by atoms with van der Waals surface area (Å²) in [6.45, 7) is 3.90. The number of benzene rings is 1. The van der Waals surface area contributed by atoms with Crippen molar-refractivity contribution in [3.8, 4) is 11.5 Å². The van der Waals surface area contributed by atoms with Crippen LogP contribution in [0.4, 0.5) is 0 Å². The third-order valence-electron chi connectivity index (χ3n) is 4.34. The Kier molecular flexibility index (Phi) is 5.88. The summed E-state index contributed by atoms with van der Waals surface area (Å²) in [6, 6.07) is 6.46. The molecule has 0 radical (unpaired) electrons. The van der Waals surface area contributed by atoms with E-state index in [4.69, 9.17) is 15.2 Å². The van der Waals surface area contributed by atoms with E-state index in [-0.39, 0.29) is 6.04 Å². The van der Waals surface area contributed by atoms with E-state index >= 15 is 0 Å². The molecule has 4 heteroatoms. The predicted octanol–water partition coefficient (Wildman–Crippen LogP) is 2.97. The van der Waals surface area contributed by atoms with Gasteiger partial charge < -0.3 is 20.1 Å². The third kappa shape index (κ3) is 4.35. The molecule has 0 aliphatic carbocycles. The fourth-order valence-electron chi connectivity index (χ4n) is 2.96. The number of methoxy groups -OCH3 is 1. The minimum atomic E-state index is -0.0386. The fourth-order valence-corrected chi connectivity index (χ4v) is 2.96. The zero-order chi connectivity index (χ0) is 15.2. The zero-order valence-corrected chi connectivity index (χ0v) is 13.5. The van der Waals surface area contributed by atoms with Gasteiger partial charge in [-0.25, -0.2) is 0 Å². The Morgan fingerprint density at radius 2 is 2.19 bits per heavy atom. The van der Waals surface area contributed by atoms with Crippen molar-refractivity contribution in [2.45, 2.75) is 44.7 Å². The SMILES string of the molecule is COc1ccc([C@@H](C)N)c(OCCC2CCCCN2C)c1. The normalized spacial score (nSPS) is 21.0. The average molecular weight is 292 g/mol. The van der Waals surface area contributed by atoms with E-state index in [2.05, 4.69) is 11.9 Å². The lowest BCUT2D eigenvalue weighted by molar-refractivity contribution is 0.152. The second-order valence-electron chi connectivity index (χ2n) is 5.96. The van der Waals surface area contributed by atoms with E-state index in [0.717, 1.165) is 30.1 Å². The minimum Gasteiger partial charge on any atom is -0.497 e. The fraction of sp³-hybridized carbons (Fsp3) is 0.647. The van der Waals surface area contributed by atoms with Crippen molar-refractivity contribution in [3.63, 3.8) is 0 Å². The van der Waals surface area contributed by atoms with Crippen molar-refractivity contribution in [1.29, 1.82) is 0 Å². The third-order valence-corrected chi connectivity index (χ3v) is 4.34. The molecule has 1 unspecified atom stereocenters. The van der Waals surface area contributed by atoms with Crippen LogP contribution >= 0.6 is 0 Å². The van der Waals surface area contributed by atoms with Crippen LogP contribution < -0.4 is 15.2 Å². The first-order valence-corrected chi connectivity index (χ1v) is 7.88. The van der Waals surface area contributed by atoms with Crippen molar-refractivity contribution in [1.82, 2.24) is 4.90 Å². The monoisotopic (exact) mass is 292 g/mol. The first-order valence-electron chi connectivity index (χ1n) is 7.88. The minimum absolute atomic E-state index is 0.0386. The largest absolute Gasteiger partial charge is 0.497 e. The average Bonchev–Trinajstić information content (AvgIpc) is 2.48. The van der Waals surface area contributed by atoms with Crippen LogP contribution in [0.2, 0.25) is 0 Å². The second-order valence-corrected chi connectivity index (χ2v) is 5.96. The summed E-state index contributed by atoms with van der Waals surface area (Å²) < 4.78 is 11.3. The number of nitrogens with two attached hydrogens (primary N) is 1. The Balaban J connectivity index is 1.95. The van der Waals surface area contributed by atoms with E-state index in [1.165, 1.54) is 25.8 Å². The Morgan fingerprint density at radius 3 is 2.86 bits per heavy atom. The maximum absolute atomic E-state index is 6.01. The van der Waals surface area contributed by atoms with Crippen molar-refractivity contribution in [3.05, 3.63) is 23.8 Å². The summed E-state index contributed by atoms with van der Waals surface area (Å²) in [5.41, 5.74) is 7.05. The Bertz CT molecular complexity index is 448. The van der Waals surface area contributed by atoms with Crippen LogP contribution in [0.15, 0.2) is 18.2 Å². The lowest BCUT2D eigenvalue weighted by atomic mass is 10.0. The highest BCUT2D eigenvalue weighted by Crippen LogP contribution is 2.29. The van der Waals surface area contributed by atoms with Gasteiger partial charge in [0, 0.05) is 23.7 Å². The van der Waals surface area contributed by atoms with Gasteiger partial charge in [-0.15, -0.1) is 0 Å². The first-order chi connectivity index (χ1) is 10.1. The number of rotatable bonds is 6. The lowest BCUT2D eigenvalue weighted by Crippen LogP contribution is -2.37. The molecule has 1 aliphatic rings. The molecular formula is C17H28N2O2. The number of hydrogen-bond acceptors (Lipinski definition) is 4. The van der Waals surface area contributed by atoms with Crippen molar-refractivity contribution in [2.24, 2.45) is 5.73 Å². The smallest absolute Gasteiger partial charge is 0.127 e. The van der Waals surface area contributed by atoms with Gasteiger partial charge in [-0.05, 0) is 45.8 Å². The summed E-state index contributed by atoms with van der Waals surface area (Å²) in [6.07, 6.45) is 4.99. The van der Waals surface area contributed by atoms with Gasteiger partial charge in [-0.2, -0.15) is 0 Å². The molecule has 118 valence electrons. The van der Waals surface area contributed by atoms with Crippen LogP contribution in [-0.4, -0.2) is 38.3 Å². The quantitative estimate of drug-likeness (QED) is 0.875. The molecule has 4 nitrogen and oxygen atoms in total. The number of hydrogen-bond donors (Lipinski definition) is 1. The van der Waals surface area contributed by atoms with Crippen LogP contribution in [0.1, 0.15) is 44.2 Å². The molecular weight excluding hydrogens is 264 g/mol. The summed E-state index contributed by atoms with van der Waals surface area (Å²) in [5.74, 6) is 1.66. The molecule has 0 amide bonds. The molecule has 2 atom stereocenters. The Morgan fingerprint density at radius 1 is 1.38 bits per heavy atom. The standard InChI is InChI=1S/C17H28N2O2/c1-13(18)16-8-7-15(20-3)12-17(16)21-11-9-14-6-4-5-10-19(14)2/h7-8,12-14H,4-6,9-11,18H2,1-3H3/t13-,14?/m1/s1. The first kappa shape index (κ1) is 16.1. The molecule has 1 heterocycles. The van der Waals surface area contributed by atoms with Crippen LogP contribution in [0.3, 0.4) is 0 Å². The van der Waals surface area contributed by atoms with Crippen LogP contribution in [-0.2, 0) is 0 Å². The summed E-state index contributed by atoms with van der Waals surface area (Å²) in [4.78, 5) is 2.45. The molecule has 0 spiro atoms. The maximum atomic E-state index is 6.01. The van der Waals surface area contributed by atoms with Gasteiger partial charge in [0.1, 0.15) is 11.5 Å². The number of nitrogens with zero attached hydrogens (tertiary/aromatic N) is 1. The second kappa shape index (κ2) is 7.66. The predicted molar refractivity (Wildman–Crippen MR) is 86.0 cm³/mol. The number of ether oxygens (including phenoxy) is 2. The van der Waals surface area contributed by atoms with E-state index in [9.17, 15) is 0 Å². The van der Waals surface area contributed by atoms with Crippen LogP contribution in [0.5, 0.6) is 11.5 Å². The molecule has 1 aromatic rings. The van der Waals surface area contributed by atoms with Gasteiger partial charge in [0.15, 0.2) is 0 Å². The van der Waals surface area contributed by atoms with Crippen molar-refractivity contribution >= 4 is 0 Å². The molecule has 0 saturated carbocycles. The van der Waals surface area contributed by atoms with E-state index in [1.807, 2.05) is 25.1 Å². The molecule has 1 aromatic carbocycles. The summed E-state index contributed by atoms with van der Waals surface area (Å²) in [5, 5.41) is 0. The zero-order valence-electron chi connectivity index (χ0n) is 13.5. The van der Waals surface area contributed by atoms with Crippen molar-refractivity contribution < 1.29 is 9.47 Å². The van der Waals surface area contributed by atoms with Gasteiger partial charge in [0.05, 0.1) is 13.7 Å². The maximum Gasteiger partial charge on any atom is 0.127 e. The molecule has 0 aromatic heterocycles. The van der Waals surface area contributed by atoms with E-state index < -0.39 is 0 Å². The van der Waals surface area contributed by atoms with Crippen LogP contribution in [0.25, 0.3) is 0 Å². The van der Waals surface area contributed by atoms with Gasteiger partial charge in [-0.3, -0.25) is 0 Å². The molecule has 1 saturated heterocycles. The molecule has 1 aliphatic heterocycles.